The fourth-order valence-electron chi connectivity index (χ4n) is 2.64. The summed E-state index contributed by atoms with van der Waals surface area (Å²) < 4.78 is 27.6. The molecule has 3 nitrogen and oxygen atoms in total. The average Bonchev–Trinajstić information content (AvgIpc) is 2.99. The molecule has 1 amide bonds. The summed E-state index contributed by atoms with van der Waals surface area (Å²) >= 11 is 1.30. The number of benzene rings is 2. The van der Waals surface area contributed by atoms with Gasteiger partial charge in [-0.25, -0.2) is 13.8 Å². The molecule has 0 fully saturated rings. The number of aromatic nitrogens is 1. The maximum absolute atomic E-state index is 13.8. The molecule has 3 aromatic rings. The Balaban J connectivity index is 1.97. The minimum absolute atomic E-state index is 0.137. The summed E-state index contributed by atoms with van der Waals surface area (Å²) in [7, 11) is 0. The number of hydrogen-bond acceptors (Lipinski definition) is 3. The van der Waals surface area contributed by atoms with E-state index >= 15 is 0 Å². The lowest BCUT2D eigenvalue weighted by Gasteiger charge is -2.05. The zero-order chi connectivity index (χ0) is 18.8. The fraction of sp³-hybridized carbons (Fsp3) is 0.200. The van der Waals surface area contributed by atoms with E-state index in [1.54, 1.807) is 0 Å². The first kappa shape index (κ1) is 18.2. The molecule has 134 valence electrons. The van der Waals surface area contributed by atoms with Crippen LogP contribution in [0.15, 0.2) is 42.5 Å². The minimum atomic E-state index is -0.901. The van der Waals surface area contributed by atoms with Crippen molar-refractivity contribution in [3.05, 3.63) is 70.9 Å². The van der Waals surface area contributed by atoms with E-state index < -0.39 is 23.1 Å². The molecule has 6 heteroatoms. The van der Waals surface area contributed by atoms with Gasteiger partial charge in [0.15, 0.2) is 5.13 Å². The van der Waals surface area contributed by atoms with Gasteiger partial charge in [-0.15, -0.1) is 0 Å². The molecule has 0 saturated heterocycles. The van der Waals surface area contributed by atoms with Crippen LogP contribution in [0.5, 0.6) is 0 Å². The Kier molecular flexibility index (Phi) is 5.13. The van der Waals surface area contributed by atoms with Gasteiger partial charge in [0.2, 0.25) is 0 Å². The molecule has 0 atom stereocenters. The highest BCUT2D eigenvalue weighted by atomic mass is 32.1. The quantitative estimate of drug-likeness (QED) is 0.631. The molecule has 0 aliphatic heterocycles. The predicted molar refractivity (Wildman–Crippen MR) is 101 cm³/mol. The van der Waals surface area contributed by atoms with Gasteiger partial charge in [-0.05, 0) is 30.5 Å². The summed E-state index contributed by atoms with van der Waals surface area (Å²) in [5.41, 5.74) is 2.35. The molecule has 0 radical (unpaired) electrons. The van der Waals surface area contributed by atoms with Crippen molar-refractivity contribution in [3.8, 4) is 10.4 Å². The predicted octanol–water partition coefficient (Wildman–Crippen LogP) is 5.77. The maximum Gasteiger partial charge on any atom is 0.263 e. The van der Waals surface area contributed by atoms with Crippen LogP contribution in [-0.4, -0.2) is 10.9 Å². The first-order valence-corrected chi connectivity index (χ1v) is 9.01. The van der Waals surface area contributed by atoms with Crippen LogP contribution in [-0.2, 0) is 0 Å². The number of hydrogen-bond donors (Lipinski definition) is 1. The molecule has 1 heterocycles. The van der Waals surface area contributed by atoms with Crippen LogP contribution in [0.3, 0.4) is 0 Å². The molecule has 0 aliphatic rings. The number of nitrogens with zero attached hydrogens (tertiary/aromatic N) is 1. The number of amides is 1. The standard InChI is InChI=1S/C20H18F2N2OS/c1-11(2)17-18(13-7-4-6-12(3)10-13)26-20(23-17)24-19(25)16-14(21)8-5-9-15(16)22/h4-11H,1-3H3,(H,23,24,25). The van der Waals surface area contributed by atoms with Crippen molar-refractivity contribution in [1.82, 2.24) is 4.98 Å². The second-order valence-corrected chi connectivity index (χ2v) is 7.31. The molecule has 1 aromatic heterocycles. The number of carbonyl (C=O) groups is 1. The van der Waals surface area contributed by atoms with Crippen LogP contribution < -0.4 is 5.32 Å². The molecule has 0 bridgehead atoms. The highest BCUT2D eigenvalue weighted by Gasteiger charge is 2.21. The van der Waals surface area contributed by atoms with E-state index in [0.29, 0.717) is 5.13 Å². The Morgan fingerprint density at radius 1 is 1.12 bits per heavy atom. The Bertz CT molecular complexity index is 946. The van der Waals surface area contributed by atoms with Crippen LogP contribution in [0.4, 0.5) is 13.9 Å². The lowest BCUT2D eigenvalue weighted by Crippen LogP contribution is -2.15. The number of aryl methyl sites for hydroxylation is 1. The summed E-state index contributed by atoms with van der Waals surface area (Å²) in [6.45, 7) is 6.02. The lowest BCUT2D eigenvalue weighted by atomic mass is 10.0. The van der Waals surface area contributed by atoms with E-state index in [4.69, 9.17) is 0 Å². The van der Waals surface area contributed by atoms with Crippen molar-refractivity contribution < 1.29 is 13.6 Å². The molecule has 26 heavy (non-hydrogen) atoms. The fourth-order valence-corrected chi connectivity index (χ4v) is 3.76. The third-order valence-electron chi connectivity index (χ3n) is 3.89. The molecule has 0 unspecified atom stereocenters. The monoisotopic (exact) mass is 372 g/mol. The maximum atomic E-state index is 13.8. The molecule has 2 aromatic carbocycles. The second kappa shape index (κ2) is 7.33. The third-order valence-corrected chi connectivity index (χ3v) is 4.93. The van der Waals surface area contributed by atoms with Crippen molar-refractivity contribution >= 4 is 22.4 Å². The van der Waals surface area contributed by atoms with Gasteiger partial charge < -0.3 is 0 Å². The van der Waals surface area contributed by atoms with E-state index in [1.165, 1.54) is 17.4 Å². The van der Waals surface area contributed by atoms with E-state index in [9.17, 15) is 13.6 Å². The molecule has 0 aliphatic carbocycles. The smallest absolute Gasteiger partial charge is 0.263 e. The normalized spacial score (nSPS) is 11.0. The van der Waals surface area contributed by atoms with Gasteiger partial charge >= 0.3 is 0 Å². The van der Waals surface area contributed by atoms with Crippen molar-refractivity contribution in [2.75, 3.05) is 5.32 Å². The second-order valence-electron chi connectivity index (χ2n) is 6.31. The molecular weight excluding hydrogens is 354 g/mol. The Hall–Kier alpha value is -2.60. The summed E-state index contributed by atoms with van der Waals surface area (Å²) in [5, 5.41) is 2.85. The van der Waals surface area contributed by atoms with E-state index in [-0.39, 0.29) is 5.92 Å². The van der Waals surface area contributed by atoms with Gasteiger partial charge in [-0.2, -0.15) is 0 Å². The van der Waals surface area contributed by atoms with Crippen molar-refractivity contribution in [2.45, 2.75) is 26.7 Å². The lowest BCUT2D eigenvalue weighted by molar-refractivity contribution is 0.101. The van der Waals surface area contributed by atoms with Crippen molar-refractivity contribution in [2.24, 2.45) is 0 Å². The summed E-state index contributed by atoms with van der Waals surface area (Å²) in [6, 6.07) is 11.3. The number of halogens is 2. The van der Waals surface area contributed by atoms with Gasteiger partial charge in [0.05, 0.1) is 10.6 Å². The highest BCUT2D eigenvalue weighted by molar-refractivity contribution is 7.19. The highest BCUT2D eigenvalue weighted by Crippen LogP contribution is 2.37. The summed E-state index contributed by atoms with van der Waals surface area (Å²) in [6.07, 6.45) is 0. The van der Waals surface area contributed by atoms with Gasteiger partial charge in [-0.1, -0.05) is 61.1 Å². The minimum Gasteiger partial charge on any atom is -0.298 e. The largest absolute Gasteiger partial charge is 0.298 e. The van der Waals surface area contributed by atoms with Gasteiger partial charge in [-0.3, -0.25) is 10.1 Å². The third kappa shape index (κ3) is 3.65. The van der Waals surface area contributed by atoms with Gasteiger partial charge in [0.25, 0.3) is 5.91 Å². The average molecular weight is 372 g/mol. The van der Waals surface area contributed by atoms with Crippen LogP contribution in [0.2, 0.25) is 0 Å². The Morgan fingerprint density at radius 2 is 1.77 bits per heavy atom. The van der Waals surface area contributed by atoms with Crippen molar-refractivity contribution in [3.63, 3.8) is 0 Å². The summed E-state index contributed by atoms with van der Waals surface area (Å²) in [4.78, 5) is 17.7. The number of carbonyl (C=O) groups excluding carboxylic acids is 1. The molecule has 0 saturated carbocycles. The Morgan fingerprint density at radius 3 is 2.38 bits per heavy atom. The zero-order valence-corrected chi connectivity index (χ0v) is 15.5. The zero-order valence-electron chi connectivity index (χ0n) is 14.6. The van der Waals surface area contributed by atoms with E-state index in [1.807, 2.05) is 45.0 Å². The van der Waals surface area contributed by atoms with E-state index in [0.717, 1.165) is 33.8 Å². The number of nitrogens with one attached hydrogen (secondary N) is 1. The first-order chi connectivity index (χ1) is 12.4. The number of rotatable bonds is 4. The summed E-state index contributed by atoms with van der Waals surface area (Å²) in [5.74, 6) is -2.51. The topological polar surface area (TPSA) is 42.0 Å². The molecule has 3 rings (SSSR count). The van der Waals surface area contributed by atoms with Crippen LogP contribution in [0.1, 0.15) is 41.4 Å². The Labute approximate surface area is 154 Å². The van der Waals surface area contributed by atoms with Crippen LogP contribution in [0.25, 0.3) is 10.4 Å². The molecular formula is C20H18F2N2OS. The van der Waals surface area contributed by atoms with E-state index in [2.05, 4.69) is 10.3 Å². The van der Waals surface area contributed by atoms with Crippen LogP contribution >= 0.6 is 11.3 Å². The van der Waals surface area contributed by atoms with Gasteiger partial charge in [0, 0.05) is 0 Å². The van der Waals surface area contributed by atoms with Crippen LogP contribution in [0, 0.1) is 18.6 Å². The SMILES string of the molecule is Cc1cccc(-c2sc(NC(=O)c3c(F)cccc3F)nc2C(C)C)c1. The number of anilines is 1. The first-order valence-electron chi connectivity index (χ1n) is 8.20. The van der Waals surface area contributed by atoms with Gasteiger partial charge in [0.1, 0.15) is 17.2 Å². The molecule has 0 spiro atoms. The van der Waals surface area contributed by atoms with Crippen molar-refractivity contribution in [1.29, 1.82) is 0 Å². The number of thiazole rings is 1. The molecule has 1 N–H and O–H groups in total.